The van der Waals surface area contributed by atoms with E-state index in [1.54, 1.807) is 7.11 Å². The van der Waals surface area contributed by atoms with E-state index < -0.39 is 6.10 Å². The zero-order valence-corrected chi connectivity index (χ0v) is 20.5. The molecule has 0 saturated heterocycles. The lowest BCUT2D eigenvalue weighted by Gasteiger charge is -2.38. The molecule has 4 nitrogen and oxygen atoms in total. The minimum Gasteiger partial charge on any atom is -0.389 e. The second-order valence-corrected chi connectivity index (χ2v) is 9.38. The molecule has 1 aromatic carbocycles. The number of hydrogen-bond acceptors (Lipinski definition) is 4. The largest absolute Gasteiger partial charge is 0.389 e. The maximum atomic E-state index is 10.8. The van der Waals surface area contributed by atoms with Crippen molar-refractivity contribution in [1.29, 1.82) is 0 Å². The highest BCUT2D eigenvalue weighted by atomic mass is 127. The van der Waals surface area contributed by atoms with Crippen LogP contribution in [0.5, 0.6) is 0 Å². The summed E-state index contributed by atoms with van der Waals surface area (Å²) < 4.78 is 18.0. The molecule has 1 N–H and O–H groups in total. The Balaban J connectivity index is 1.90. The molecule has 1 aromatic rings. The molecule has 30 heavy (non-hydrogen) atoms. The predicted octanol–water partition coefficient (Wildman–Crippen LogP) is 5.81. The zero-order valence-electron chi connectivity index (χ0n) is 18.4. The van der Waals surface area contributed by atoms with Crippen LogP contribution in [0, 0.1) is 11.8 Å². The second kappa shape index (κ2) is 13.4. The number of halogens is 1. The fraction of sp³-hybridized carbons (Fsp3) is 0.520. The van der Waals surface area contributed by atoms with Gasteiger partial charge in [-0.1, -0.05) is 48.6 Å². The summed E-state index contributed by atoms with van der Waals surface area (Å²) in [5.74, 6) is 0.470. The topological polar surface area (TPSA) is 47.9 Å². The van der Waals surface area contributed by atoms with Gasteiger partial charge in [0.25, 0.3) is 0 Å². The molecular weight excluding hydrogens is 491 g/mol. The lowest BCUT2D eigenvalue weighted by molar-refractivity contribution is -0.0904. The molecule has 2 rings (SSSR count). The molecular formula is C25H35IO4. The molecule has 0 aromatic heterocycles. The van der Waals surface area contributed by atoms with Crippen molar-refractivity contribution in [2.24, 2.45) is 11.8 Å². The van der Waals surface area contributed by atoms with Gasteiger partial charge in [-0.05, 0) is 81.9 Å². The van der Waals surface area contributed by atoms with E-state index in [9.17, 15) is 5.11 Å². The minimum atomic E-state index is -0.530. The van der Waals surface area contributed by atoms with Gasteiger partial charge in [-0.3, -0.25) is 0 Å². The fourth-order valence-electron chi connectivity index (χ4n) is 3.98. The number of ether oxygens (including phenoxy) is 3. The van der Waals surface area contributed by atoms with E-state index in [1.807, 2.05) is 24.3 Å². The van der Waals surface area contributed by atoms with Gasteiger partial charge in [0.2, 0.25) is 0 Å². The maximum Gasteiger partial charge on any atom is 0.147 e. The molecule has 0 heterocycles. The average molecular weight is 526 g/mol. The summed E-state index contributed by atoms with van der Waals surface area (Å²) in [4.78, 5) is 0. The van der Waals surface area contributed by atoms with E-state index in [4.69, 9.17) is 14.2 Å². The molecule has 0 bridgehead atoms. The SMILES string of the molecule is C=C(C)[C@@H]1CC=C(C)[C@H](OCOC)[C@H]1CC(O)/C=C(/I)CCOCc1ccccc1. The quantitative estimate of drug-likeness (QED) is 0.162. The Labute approximate surface area is 195 Å². The van der Waals surface area contributed by atoms with Gasteiger partial charge >= 0.3 is 0 Å². The van der Waals surface area contributed by atoms with Crippen molar-refractivity contribution >= 4 is 22.6 Å². The molecule has 166 valence electrons. The van der Waals surface area contributed by atoms with E-state index in [-0.39, 0.29) is 18.8 Å². The first-order chi connectivity index (χ1) is 14.4. The number of aliphatic hydroxyl groups excluding tert-OH is 1. The first kappa shape index (κ1) is 25.3. The molecule has 1 aliphatic carbocycles. The number of hydrogen-bond donors (Lipinski definition) is 1. The van der Waals surface area contributed by atoms with Gasteiger partial charge in [-0.2, -0.15) is 0 Å². The van der Waals surface area contributed by atoms with Crippen molar-refractivity contribution in [3.8, 4) is 0 Å². The molecule has 0 aliphatic heterocycles. The maximum absolute atomic E-state index is 10.8. The van der Waals surface area contributed by atoms with Gasteiger partial charge in [-0.25, -0.2) is 0 Å². The smallest absolute Gasteiger partial charge is 0.147 e. The minimum absolute atomic E-state index is 0.0599. The van der Waals surface area contributed by atoms with E-state index >= 15 is 0 Å². The standard InChI is InChI=1S/C25H35IO4/c1-18(2)23-11-10-19(3)25(30-17-28-4)24(23)15-22(27)14-21(26)12-13-29-16-20-8-6-5-7-9-20/h5-10,14,22-25,27H,1,11-13,15-17H2,2-4H3/b21-14+/t22?,23-,24-,25-/m0/s1. The van der Waals surface area contributed by atoms with E-state index in [0.29, 0.717) is 25.6 Å². The lowest BCUT2D eigenvalue weighted by Crippen LogP contribution is -2.37. The molecule has 0 radical (unpaired) electrons. The van der Waals surface area contributed by atoms with Crippen molar-refractivity contribution in [3.63, 3.8) is 0 Å². The number of methoxy groups -OCH3 is 1. The summed E-state index contributed by atoms with van der Waals surface area (Å²) >= 11 is 2.30. The highest BCUT2D eigenvalue weighted by Gasteiger charge is 2.35. The predicted molar refractivity (Wildman–Crippen MR) is 130 cm³/mol. The van der Waals surface area contributed by atoms with Crippen molar-refractivity contribution < 1.29 is 19.3 Å². The van der Waals surface area contributed by atoms with Gasteiger partial charge in [0.15, 0.2) is 0 Å². The zero-order chi connectivity index (χ0) is 21.9. The van der Waals surface area contributed by atoms with Crippen LogP contribution in [0.2, 0.25) is 0 Å². The number of rotatable bonds is 12. The van der Waals surface area contributed by atoms with Crippen LogP contribution in [0.4, 0.5) is 0 Å². The van der Waals surface area contributed by atoms with Crippen molar-refractivity contribution in [2.75, 3.05) is 20.5 Å². The van der Waals surface area contributed by atoms with Crippen LogP contribution in [0.3, 0.4) is 0 Å². The molecule has 0 saturated carbocycles. The molecule has 0 amide bonds. The van der Waals surface area contributed by atoms with Gasteiger partial charge in [-0.15, -0.1) is 0 Å². The lowest BCUT2D eigenvalue weighted by atomic mass is 9.72. The molecule has 0 spiro atoms. The van der Waals surface area contributed by atoms with Crippen LogP contribution in [0.15, 0.2) is 63.8 Å². The third-order valence-electron chi connectivity index (χ3n) is 5.53. The number of allylic oxidation sites excluding steroid dienone is 2. The molecule has 4 atom stereocenters. The van der Waals surface area contributed by atoms with Crippen LogP contribution in [-0.4, -0.2) is 37.8 Å². The van der Waals surface area contributed by atoms with Crippen LogP contribution in [-0.2, 0) is 20.8 Å². The van der Waals surface area contributed by atoms with E-state index in [0.717, 1.165) is 22.0 Å². The van der Waals surface area contributed by atoms with E-state index in [2.05, 4.69) is 61.2 Å². The summed E-state index contributed by atoms with van der Waals surface area (Å²) in [5.41, 5.74) is 3.51. The van der Waals surface area contributed by atoms with Crippen LogP contribution < -0.4 is 0 Å². The second-order valence-electron chi connectivity index (χ2n) is 8.00. The Morgan fingerprint density at radius 3 is 2.73 bits per heavy atom. The first-order valence-corrected chi connectivity index (χ1v) is 11.6. The summed E-state index contributed by atoms with van der Waals surface area (Å²) in [6, 6.07) is 10.2. The first-order valence-electron chi connectivity index (χ1n) is 10.5. The van der Waals surface area contributed by atoms with Gasteiger partial charge in [0.1, 0.15) is 6.79 Å². The highest BCUT2D eigenvalue weighted by molar-refractivity contribution is 14.1. The normalized spacial score (nSPS) is 23.2. The molecule has 1 unspecified atom stereocenters. The van der Waals surface area contributed by atoms with Crippen LogP contribution in [0.25, 0.3) is 0 Å². The highest BCUT2D eigenvalue weighted by Crippen LogP contribution is 2.39. The Kier molecular flexibility index (Phi) is 11.3. The monoisotopic (exact) mass is 526 g/mol. The molecule has 0 fully saturated rings. The third-order valence-corrected chi connectivity index (χ3v) is 6.43. The van der Waals surface area contributed by atoms with Gasteiger partial charge < -0.3 is 19.3 Å². The summed E-state index contributed by atoms with van der Waals surface area (Å²) in [6.45, 7) is 9.83. The Hall–Kier alpha value is -0.990. The summed E-state index contributed by atoms with van der Waals surface area (Å²) in [7, 11) is 1.63. The van der Waals surface area contributed by atoms with Crippen molar-refractivity contribution in [2.45, 2.75) is 51.9 Å². The number of benzene rings is 1. The Morgan fingerprint density at radius 1 is 1.33 bits per heavy atom. The Bertz CT molecular complexity index is 713. The van der Waals surface area contributed by atoms with Gasteiger partial charge in [0.05, 0.1) is 25.4 Å². The van der Waals surface area contributed by atoms with Crippen LogP contribution in [0.1, 0.15) is 38.7 Å². The van der Waals surface area contributed by atoms with Gasteiger partial charge in [0, 0.05) is 13.5 Å². The third kappa shape index (κ3) is 8.27. The number of aliphatic hydroxyl groups is 1. The van der Waals surface area contributed by atoms with Crippen molar-refractivity contribution in [1.82, 2.24) is 0 Å². The van der Waals surface area contributed by atoms with Crippen molar-refractivity contribution in [3.05, 3.63) is 69.4 Å². The molecule has 1 aliphatic rings. The average Bonchev–Trinajstić information content (AvgIpc) is 2.71. The van der Waals surface area contributed by atoms with Crippen LogP contribution >= 0.6 is 22.6 Å². The summed E-state index contributed by atoms with van der Waals surface area (Å²) in [5, 5.41) is 10.8. The Morgan fingerprint density at radius 2 is 2.07 bits per heavy atom. The fourth-order valence-corrected chi connectivity index (χ4v) is 4.61. The van der Waals surface area contributed by atoms with E-state index in [1.165, 1.54) is 11.1 Å². The summed E-state index contributed by atoms with van der Waals surface area (Å²) in [6.07, 6.45) is 5.96. The molecule has 5 heteroatoms.